The molecule has 4 aromatic rings. The van der Waals surface area contributed by atoms with Gasteiger partial charge in [0.2, 0.25) is 0 Å². The van der Waals surface area contributed by atoms with Crippen LogP contribution in [0.4, 0.5) is 0 Å². The quantitative estimate of drug-likeness (QED) is 0.191. The van der Waals surface area contributed by atoms with Gasteiger partial charge in [0, 0.05) is 17.3 Å². The molecule has 1 saturated heterocycles. The van der Waals surface area contributed by atoms with Gasteiger partial charge in [0.1, 0.15) is 10.1 Å². The average molecular weight is 526 g/mol. The second-order valence-corrected chi connectivity index (χ2v) is 10.8. The SMILES string of the molecule is Cc1ccc(CN2C(=O)/C(=C\c3cn(-c4ccccc4)nc3-c3ccc(OC(C)C)cc3)SC2=S)cc1. The number of nitrogens with zero attached hydrogens (tertiary/aromatic N) is 3. The van der Waals surface area contributed by atoms with Gasteiger partial charge in [-0.2, -0.15) is 5.10 Å². The molecule has 186 valence electrons. The Balaban J connectivity index is 1.49. The minimum atomic E-state index is -0.0883. The average Bonchev–Trinajstić information content (AvgIpc) is 3.42. The van der Waals surface area contributed by atoms with Crippen molar-refractivity contribution in [2.24, 2.45) is 0 Å². The lowest BCUT2D eigenvalue weighted by Crippen LogP contribution is -2.27. The van der Waals surface area contributed by atoms with E-state index in [2.05, 4.69) is 0 Å². The van der Waals surface area contributed by atoms with E-state index in [9.17, 15) is 4.79 Å². The van der Waals surface area contributed by atoms with Crippen LogP contribution in [0.1, 0.15) is 30.5 Å². The zero-order valence-electron chi connectivity index (χ0n) is 20.9. The third kappa shape index (κ3) is 5.68. The van der Waals surface area contributed by atoms with Crippen LogP contribution in [0.3, 0.4) is 0 Å². The first kappa shape index (κ1) is 25.0. The molecule has 0 unspecified atom stereocenters. The van der Waals surface area contributed by atoms with Gasteiger partial charge in [-0.25, -0.2) is 4.68 Å². The smallest absolute Gasteiger partial charge is 0.266 e. The molecule has 1 aliphatic rings. The molecule has 7 heteroatoms. The number of carbonyl (C=O) groups excluding carboxylic acids is 1. The Morgan fingerprint density at radius 3 is 2.38 bits per heavy atom. The van der Waals surface area contributed by atoms with E-state index in [0.717, 1.165) is 33.8 Å². The molecular formula is C30H27N3O2S2. The fourth-order valence-electron chi connectivity index (χ4n) is 4.05. The van der Waals surface area contributed by atoms with Crippen molar-refractivity contribution in [3.05, 3.63) is 107 Å². The predicted molar refractivity (Wildman–Crippen MR) is 155 cm³/mol. The number of hydrogen-bond donors (Lipinski definition) is 0. The van der Waals surface area contributed by atoms with Crippen LogP contribution in [0.15, 0.2) is 90.0 Å². The molecule has 0 aliphatic carbocycles. The van der Waals surface area contributed by atoms with Crippen molar-refractivity contribution in [3.63, 3.8) is 0 Å². The number of thiocarbonyl (C=S) groups is 1. The molecule has 3 aromatic carbocycles. The zero-order valence-corrected chi connectivity index (χ0v) is 22.6. The Kier molecular flexibility index (Phi) is 7.26. The van der Waals surface area contributed by atoms with E-state index in [-0.39, 0.29) is 12.0 Å². The molecule has 1 fully saturated rings. The number of carbonyl (C=O) groups is 1. The molecule has 1 aliphatic heterocycles. The van der Waals surface area contributed by atoms with Gasteiger partial charge in [-0.15, -0.1) is 0 Å². The van der Waals surface area contributed by atoms with E-state index in [0.29, 0.717) is 15.8 Å². The molecule has 0 bridgehead atoms. The number of para-hydroxylation sites is 1. The second-order valence-electron chi connectivity index (χ2n) is 9.16. The van der Waals surface area contributed by atoms with Crippen LogP contribution in [-0.2, 0) is 11.3 Å². The van der Waals surface area contributed by atoms with Gasteiger partial charge in [0.25, 0.3) is 5.91 Å². The van der Waals surface area contributed by atoms with E-state index in [1.165, 1.54) is 17.3 Å². The summed E-state index contributed by atoms with van der Waals surface area (Å²) >= 11 is 6.91. The molecule has 0 spiro atoms. The van der Waals surface area contributed by atoms with Gasteiger partial charge in [0.05, 0.1) is 28.9 Å². The fourth-order valence-corrected chi connectivity index (χ4v) is 5.29. The molecule has 1 amide bonds. The van der Waals surface area contributed by atoms with Crippen molar-refractivity contribution in [2.75, 3.05) is 0 Å². The summed E-state index contributed by atoms with van der Waals surface area (Å²) in [6.07, 6.45) is 3.95. The summed E-state index contributed by atoms with van der Waals surface area (Å²) in [6, 6.07) is 26.0. The van der Waals surface area contributed by atoms with Crippen LogP contribution in [0.25, 0.3) is 23.0 Å². The molecule has 0 saturated carbocycles. The number of aryl methyl sites for hydroxylation is 1. The summed E-state index contributed by atoms with van der Waals surface area (Å²) in [5.74, 6) is 0.717. The van der Waals surface area contributed by atoms with Gasteiger partial charge in [-0.3, -0.25) is 9.69 Å². The standard InChI is InChI=1S/C30H27N3O2S2/c1-20(2)35-26-15-13-23(14-16-26)28-24(19-33(31-28)25-7-5-4-6-8-25)17-27-29(34)32(30(36)37-27)18-22-11-9-21(3)10-12-22/h4-17,19-20H,18H2,1-3H3/b27-17+. The normalized spacial score (nSPS) is 14.7. The van der Waals surface area contributed by atoms with Crippen molar-refractivity contribution in [1.29, 1.82) is 0 Å². The Bertz CT molecular complexity index is 1460. The fraction of sp³-hybridized carbons (Fsp3) is 0.167. The number of aromatic nitrogens is 2. The van der Waals surface area contributed by atoms with E-state index in [4.69, 9.17) is 22.1 Å². The Labute approximate surface area is 226 Å². The highest BCUT2D eigenvalue weighted by Gasteiger charge is 2.32. The van der Waals surface area contributed by atoms with Crippen molar-refractivity contribution < 1.29 is 9.53 Å². The Morgan fingerprint density at radius 2 is 1.70 bits per heavy atom. The summed E-state index contributed by atoms with van der Waals surface area (Å²) in [5.41, 5.74) is 5.73. The summed E-state index contributed by atoms with van der Waals surface area (Å²) in [7, 11) is 0. The first-order valence-corrected chi connectivity index (χ1v) is 13.3. The van der Waals surface area contributed by atoms with E-state index >= 15 is 0 Å². The van der Waals surface area contributed by atoms with Crippen LogP contribution < -0.4 is 4.74 Å². The van der Waals surface area contributed by atoms with E-state index < -0.39 is 0 Å². The number of benzene rings is 3. The van der Waals surface area contributed by atoms with E-state index in [1.807, 2.05) is 117 Å². The molecule has 37 heavy (non-hydrogen) atoms. The Morgan fingerprint density at radius 1 is 1.00 bits per heavy atom. The van der Waals surface area contributed by atoms with Crippen molar-refractivity contribution in [3.8, 4) is 22.7 Å². The van der Waals surface area contributed by atoms with Gasteiger partial charge >= 0.3 is 0 Å². The molecule has 5 nitrogen and oxygen atoms in total. The van der Waals surface area contributed by atoms with Gasteiger partial charge in [-0.1, -0.05) is 72.0 Å². The lowest BCUT2D eigenvalue weighted by molar-refractivity contribution is -0.122. The third-order valence-electron chi connectivity index (χ3n) is 5.88. The highest BCUT2D eigenvalue weighted by atomic mass is 32.2. The highest BCUT2D eigenvalue weighted by molar-refractivity contribution is 8.26. The number of ether oxygens (including phenoxy) is 1. The Hall–Kier alpha value is -3.68. The second kappa shape index (κ2) is 10.7. The molecule has 2 heterocycles. The van der Waals surface area contributed by atoms with Crippen LogP contribution >= 0.6 is 24.0 Å². The zero-order chi connectivity index (χ0) is 25.9. The maximum Gasteiger partial charge on any atom is 0.266 e. The van der Waals surface area contributed by atoms with Crippen LogP contribution in [0.5, 0.6) is 5.75 Å². The minimum absolute atomic E-state index is 0.0883. The van der Waals surface area contributed by atoms with Crippen molar-refractivity contribution >= 4 is 40.3 Å². The summed E-state index contributed by atoms with van der Waals surface area (Å²) in [5, 5.41) is 4.89. The first-order valence-electron chi connectivity index (χ1n) is 12.1. The largest absolute Gasteiger partial charge is 0.491 e. The summed E-state index contributed by atoms with van der Waals surface area (Å²) in [6.45, 7) is 6.51. The molecule has 0 N–H and O–H groups in total. The highest BCUT2D eigenvalue weighted by Crippen LogP contribution is 2.36. The van der Waals surface area contributed by atoms with Crippen molar-refractivity contribution in [2.45, 2.75) is 33.4 Å². The molecule has 0 radical (unpaired) electrons. The third-order valence-corrected chi connectivity index (χ3v) is 7.26. The minimum Gasteiger partial charge on any atom is -0.491 e. The van der Waals surface area contributed by atoms with Gasteiger partial charge in [-0.05, 0) is 68.8 Å². The van der Waals surface area contributed by atoms with Crippen LogP contribution in [0.2, 0.25) is 0 Å². The molecule has 0 atom stereocenters. The lowest BCUT2D eigenvalue weighted by atomic mass is 10.1. The number of amides is 1. The van der Waals surface area contributed by atoms with Crippen LogP contribution in [-0.4, -0.2) is 31.0 Å². The van der Waals surface area contributed by atoms with Crippen LogP contribution in [0, 0.1) is 6.92 Å². The maximum absolute atomic E-state index is 13.4. The maximum atomic E-state index is 13.4. The first-order chi connectivity index (χ1) is 17.9. The molecular weight excluding hydrogens is 498 g/mol. The number of rotatable bonds is 7. The summed E-state index contributed by atoms with van der Waals surface area (Å²) < 4.78 is 8.20. The monoisotopic (exact) mass is 525 g/mol. The molecule has 5 rings (SSSR count). The van der Waals surface area contributed by atoms with Gasteiger partial charge < -0.3 is 4.74 Å². The predicted octanol–water partition coefficient (Wildman–Crippen LogP) is 7.04. The van der Waals surface area contributed by atoms with Gasteiger partial charge in [0.15, 0.2) is 0 Å². The van der Waals surface area contributed by atoms with Crippen molar-refractivity contribution in [1.82, 2.24) is 14.7 Å². The summed E-state index contributed by atoms with van der Waals surface area (Å²) in [4.78, 5) is 15.6. The van der Waals surface area contributed by atoms with E-state index in [1.54, 1.807) is 4.90 Å². The number of hydrogen-bond acceptors (Lipinski definition) is 5. The molecule has 1 aromatic heterocycles. The lowest BCUT2D eigenvalue weighted by Gasteiger charge is -2.14. The topological polar surface area (TPSA) is 47.4 Å². The number of thioether (sulfide) groups is 1.